The van der Waals surface area contributed by atoms with E-state index in [0.717, 1.165) is 19.4 Å². The minimum Gasteiger partial charge on any atom is -0.376 e. The van der Waals surface area contributed by atoms with Gasteiger partial charge in [-0.2, -0.15) is 0 Å². The van der Waals surface area contributed by atoms with E-state index in [2.05, 4.69) is 11.2 Å². The summed E-state index contributed by atoms with van der Waals surface area (Å²) in [4.78, 5) is 13.2. The van der Waals surface area contributed by atoms with Crippen LogP contribution in [0.4, 0.5) is 0 Å². The highest BCUT2D eigenvalue weighted by Crippen LogP contribution is 2.12. The molecule has 1 heterocycles. The molecule has 15 heavy (non-hydrogen) atoms. The zero-order valence-corrected chi connectivity index (χ0v) is 9.16. The van der Waals surface area contributed by atoms with E-state index in [1.54, 1.807) is 11.9 Å². The van der Waals surface area contributed by atoms with Crippen molar-refractivity contribution in [2.75, 3.05) is 33.3 Å². The molecule has 4 heteroatoms. The molecule has 1 aliphatic heterocycles. The normalized spacial score (nSPS) is 19.9. The number of likely N-dealkylation sites (N-methyl/N-ethyl adjacent to an activating group) is 1. The van der Waals surface area contributed by atoms with Crippen molar-refractivity contribution >= 4 is 5.91 Å². The van der Waals surface area contributed by atoms with Crippen LogP contribution in [0.15, 0.2) is 0 Å². The smallest absolute Gasteiger partial charge is 0.236 e. The highest BCUT2D eigenvalue weighted by molar-refractivity contribution is 5.78. The average molecular weight is 210 g/mol. The Hall–Kier alpha value is -1.05. The summed E-state index contributed by atoms with van der Waals surface area (Å²) in [6.45, 7) is 2.23. The molecule has 1 rings (SSSR count). The summed E-state index contributed by atoms with van der Waals surface area (Å²) >= 11 is 0. The van der Waals surface area contributed by atoms with Crippen molar-refractivity contribution in [3.8, 4) is 12.3 Å². The summed E-state index contributed by atoms with van der Waals surface area (Å²) in [5.74, 6) is 2.48. The van der Waals surface area contributed by atoms with Crippen LogP contribution in [0.5, 0.6) is 0 Å². The summed E-state index contributed by atoms with van der Waals surface area (Å²) in [6.07, 6.45) is 7.43. The Bertz CT molecular complexity index is 241. The Kier molecular flexibility index (Phi) is 5.16. The second-order valence-electron chi connectivity index (χ2n) is 3.72. The first-order chi connectivity index (χ1) is 7.24. The SMILES string of the molecule is C#CCNCC(=O)N(C)CC1CCCO1. The summed E-state index contributed by atoms with van der Waals surface area (Å²) in [7, 11) is 1.79. The molecule has 1 unspecified atom stereocenters. The molecule has 0 aliphatic carbocycles. The maximum absolute atomic E-state index is 11.5. The van der Waals surface area contributed by atoms with Crippen molar-refractivity contribution in [1.82, 2.24) is 10.2 Å². The highest BCUT2D eigenvalue weighted by atomic mass is 16.5. The van der Waals surface area contributed by atoms with Crippen LogP contribution in [0.2, 0.25) is 0 Å². The molecule has 1 aliphatic rings. The number of terminal acetylenes is 1. The van der Waals surface area contributed by atoms with E-state index < -0.39 is 0 Å². The van der Waals surface area contributed by atoms with E-state index in [4.69, 9.17) is 11.2 Å². The third-order valence-electron chi connectivity index (χ3n) is 2.43. The van der Waals surface area contributed by atoms with Gasteiger partial charge in [0.1, 0.15) is 0 Å². The lowest BCUT2D eigenvalue weighted by molar-refractivity contribution is -0.130. The molecule has 0 aromatic carbocycles. The summed E-state index contributed by atoms with van der Waals surface area (Å²) < 4.78 is 5.45. The fraction of sp³-hybridized carbons (Fsp3) is 0.727. The van der Waals surface area contributed by atoms with E-state index >= 15 is 0 Å². The van der Waals surface area contributed by atoms with Crippen molar-refractivity contribution in [3.63, 3.8) is 0 Å². The first-order valence-electron chi connectivity index (χ1n) is 5.23. The molecule has 1 N–H and O–H groups in total. The first kappa shape index (κ1) is 12.0. The summed E-state index contributed by atoms with van der Waals surface area (Å²) in [6, 6.07) is 0. The van der Waals surface area contributed by atoms with Crippen LogP contribution in [0.25, 0.3) is 0 Å². The van der Waals surface area contributed by atoms with Crippen molar-refractivity contribution < 1.29 is 9.53 Å². The van der Waals surface area contributed by atoms with Gasteiger partial charge in [-0.3, -0.25) is 10.1 Å². The Morgan fingerprint density at radius 3 is 3.13 bits per heavy atom. The maximum atomic E-state index is 11.5. The van der Waals surface area contributed by atoms with Gasteiger partial charge in [0.05, 0.1) is 19.2 Å². The first-order valence-corrected chi connectivity index (χ1v) is 5.23. The minimum absolute atomic E-state index is 0.0563. The molecule has 1 fully saturated rings. The van der Waals surface area contributed by atoms with Crippen LogP contribution in [-0.2, 0) is 9.53 Å². The largest absolute Gasteiger partial charge is 0.376 e. The fourth-order valence-corrected chi connectivity index (χ4v) is 1.57. The topological polar surface area (TPSA) is 41.6 Å². The molecular weight excluding hydrogens is 192 g/mol. The molecule has 0 bridgehead atoms. The van der Waals surface area contributed by atoms with Crippen LogP contribution in [0.3, 0.4) is 0 Å². The molecule has 0 aromatic rings. The number of ether oxygens (including phenoxy) is 1. The number of nitrogens with zero attached hydrogens (tertiary/aromatic N) is 1. The monoisotopic (exact) mass is 210 g/mol. The molecule has 84 valence electrons. The van der Waals surface area contributed by atoms with Gasteiger partial charge in [0, 0.05) is 20.2 Å². The van der Waals surface area contributed by atoms with Gasteiger partial charge < -0.3 is 9.64 Å². The van der Waals surface area contributed by atoms with Crippen LogP contribution in [0.1, 0.15) is 12.8 Å². The zero-order chi connectivity index (χ0) is 11.1. The van der Waals surface area contributed by atoms with Gasteiger partial charge in [0.2, 0.25) is 5.91 Å². The number of amides is 1. The Labute approximate surface area is 91.0 Å². The lowest BCUT2D eigenvalue weighted by Gasteiger charge is -2.20. The third kappa shape index (κ3) is 4.32. The maximum Gasteiger partial charge on any atom is 0.236 e. The van der Waals surface area contributed by atoms with E-state index in [-0.39, 0.29) is 12.0 Å². The Balaban J connectivity index is 2.17. The highest BCUT2D eigenvalue weighted by Gasteiger charge is 2.19. The van der Waals surface area contributed by atoms with Crippen LogP contribution in [-0.4, -0.2) is 50.2 Å². The molecule has 0 aromatic heterocycles. The van der Waals surface area contributed by atoms with E-state index in [0.29, 0.717) is 19.6 Å². The van der Waals surface area contributed by atoms with Crippen molar-refractivity contribution in [2.45, 2.75) is 18.9 Å². The average Bonchev–Trinajstić information content (AvgIpc) is 2.70. The number of carbonyl (C=O) groups excluding carboxylic acids is 1. The molecule has 0 spiro atoms. The van der Waals surface area contributed by atoms with Crippen LogP contribution >= 0.6 is 0 Å². The van der Waals surface area contributed by atoms with Crippen molar-refractivity contribution in [1.29, 1.82) is 0 Å². The van der Waals surface area contributed by atoms with Crippen molar-refractivity contribution in [2.24, 2.45) is 0 Å². The number of nitrogens with one attached hydrogen (secondary N) is 1. The molecule has 1 atom stereocenters. The number of carbonyl (C=O) groups is 1. The Morgan fingerprint density at radius 1 is 1.73 bits per heavy atom. The predicted molar refractivity (Wildman–Crippen MR) is 58.3 cm³/mol. The third-order valence-corrected chi connectivity index (χ3v) is 2.43. The summed E-state index contributed by atoms with van der Waals surface area (Å²) in [5, 5.41) is 2.87. The quantitative estimate of drug-likeness (QED) is 0.507. The van der Waals surface area contributed by atoms with Gasteiger partial charge in [-0.05, 0) is 12.8 Å². The second kappa shape index (κ2) is 6.44. The number of hydrogen-bond donors (Lipinski definition) is 1. The number of hydrogen-bond acceptors (Lipinski definition) is 3. The lowest BCUT2D eigenvalue weighted by Crippen LogP contribution is -2.39. The van der Waals surface area contributed by atoms with E-state index in [9.17, 15) is 4.79 Å². The number of rotatable bonds is 5. The van der Waals surface area contributed by atoms with Gasteiger partial charge in [-0.25, -0.2) is 0 Å². The van der Waals surface area contributed by atoms with Gasteiger partial charge in [-0.15, -0.1) is 6.42 Å². The fourth-order valence-electron chi connectivity index (χ4n) is 1.57. The van der Waals surface area contributed by atoms with Crippen LogP contribution in [0, 0.1) is 12.3 Å². The van der Waals surface area contributed by atoms with Gasteiger partial charge in [0.25, 0.3) is 0 Å². The summed E-state index contributed by atoms with van der Waals surface area (Å²) in [5.41, 5.74) is 0. The lowest BCUT2D eigenvalue weighted by atomic mass is 10.2. The van der Waals surface area contributed by atoms with Gasteiger partial charge in [0.15, 0.2) is 0 Å². The van der Waals surface area contributed by atoms with Gasteiger partial charge in [-0.1, -0.05) is 5.92 Å². The van der Waals surface area contributed by atoms with E-state index in [1.807, 2.05) is 0 Å². The minimum atomic E-state index is 0.0563. The van der Waals surface area contributed by atoms with Crippen molar-refractivity contribution in [3.05, 3.63) is 0 Å². The molecule has 1 saturated heterocycles. The predicted octanol–water partition coefficient (Wildman–Crippen LogP) is -0.153. The molecule has 1 amide bonds. The Morgan fingerprint density at radius 2 is 2.53 bits per heavy atom. The zero-order valence-electron chi connectivity index (χ0n) is 9.16. The standard InChI is InChI=1S/C11H18N2O2/c1-3-6-12-8-11(14)13(2)9-10-5-4-7-15-10/h1,10,12H,4-9H2,2H3. The molecule has 0 radical (unpaired) electrons. The molecule has 4 nitrogen and oxygen atoms in total. The second-order valence-corrected chi connectivity index (χ2v) is 3.72. The van der Waals surface area contributed by atoms with Crippen LogP contribution < -0.4 is 5.32 Å². The van der Waals surface area contributed by atoms with Gasteiger partial charge >= 0.3 is 0 Å². The molecule has 0 saturated carbocycles. The van der Waals surface area contributed by atoms with E-state index in [1.165, 1.54) is 0 Å². The molecular formula is C11H18N2O2.